The van der Waals surface area contributed by atoms with Crippen LogP contribution in [-0.2, 0) is 10.8 Å². The second-order valence-electron chi connectivity index (χ2n) is 9.10. The smallest absolute Gasteiger partial charge is 0.146 e. The summed E-state index contributed by atoms with van der Waals surface area (Å²) in [6, 6.07) is 16.6. The van der Waals surface area contributed by atoms with Crippen LogP contribution < -0.4 is 9.06 Å². The van der Waals surface area contributed by atoms with Crippen molar-refractivity contribution >= 4 is 33.8 Å². The summed E-state index contributed by atoms with van der Waals surface area (Å²) in [6.45, 7) is 8.71. The minimum Gasteiger partial charge on any atom is -0.192 e. The largest absolute Gasteiger partial charge is 0.192 e. The number of hydrogen-bond donors (Lipinski definition) is 0. The van der Waals surface area contributed by atoms with E-state index >= 15 is 0 Å². The van der Waals surface area contributed by atoms with Gasteiger partial charge in [-0.25, -0.2) is 0 Å². The molecule has 0 unspecified atom stereocenters. The fourth-order valence-corrected chi connectivity index (χ4v) is 7.51. The van der Waals surface area contributed by atoms with Crippen molar-refractivity contribution in [1.82, 2.24) is 0 Å². The molecule has 2 aromatic heterocycles. The van der Waals surface area contributed by atoms with E-state index in [1.807, 2.05) is 36.4 Å². The van der Waals surface area contributed by atoms with Crippen molar-refractivity contribution in [3.63, 3.8) is 0 Å². The van der Waals surface area contributed by atoms with Crippen molar-refractivity contribution in [3.05, 3.63) is 75.1 Å². The molecule has 0 saturated carbocycles. The van der Waals surface area contributed by atoms with Gasteiger partial charge in [0, 0.05) is 19.9 Å². The number of benzene rings is 1. The molecular weight excluding hydrogens is 432 g/mol. The third-order valence-electron chi connectivity index (χ3n) is 6.74. The maximum Gasteiger partial charge on any atom is 0.146 e. The molecule has 4 nitrogen and oxygen atoms in total. The molecule has 5 rings (SSSR count). The van der Waals surface area contributed by atoms with E-state index < -0.39 is 0 Å². The Labute approximate surface area is 192 Å². The van der Waals surface area contributed by atoms with Crippen molar-refractivity contribution in [2.45, 2.75) is 38.5 Å². The van der Waals surface area contributed by atoms with Crippen molar-refractivity contribution < 1.29 is 0 Å². The van der Waals surface area contributed by atoms with Crippen molar-refractivity contribution in [2.24, 2.45) is 0 Å². The van der Waals surface area contributed by atoms with Gasteiger partial charge in [-0.05, 0) is 57.0 Å². The van der Waals surface area contributed by atoms with Crippen LogP contribution in [0.15, 0.2) is 24.3 Å². The van der Waals surface area contributed by atoms with Gasteiger partial charge in [0.2, 0.25) is 0 Å². The van der Waals surface area contributed by atoms with Gasteiger partial charge >= 0.3 is 0 Å². The van der Waals surface area contributed by atoms with Gasteiger partial charge in [0.25, 0.3) is 0 Å². The van der Waals surface area contributed by atoms with Gasteiger partial charge in [-0.3, -0.25) is 0 Å². The monoisotopic (exact) mass is 448 g/mol. The van der Waals surface area contributed by atoms with Gasteiger partial charge in [0.15, 0.2) is 0 Å². The van der Waals surface area contributed by atoms with Gasteiger partial charge in [-0.15, -0.1) is 22.7 Å². The molecule has 6 heteroatoms. The van der Waals surface area contributed by atoms with Crippen LogP contribution in [0.4, 0.5) is 0 Å². The average molecular weight is 449 g/mol. The summed E-state index contributed by atoms with van der Waals surface area (Å²) < 4.78 is 3.70. The fraction of sp³-hybridized carbons (Fsp3) is 0.231. The molecule has 1 aromatic carbocycles. The van der Waals surface area contributed by atoms with Crippen LogP contribution in [0, 0.1) is 64.8 Å². The molecule has 152 valence electrons. The lowest BCUT2D eigenvalue weighted by Gasteiger charge is -2.24. The van der Waals surface area contributed by atoms with Crippen molar-refractivity contribution in [2.75, 3.05) is 0 Å². The molecule has 0 amide bonds. The zero-order valence-electron chi connectivity index (χ0n) is 17.9. The Morgan fingerprint density at radius 3 is 1.25 bits per heavy atom. The predicted molar refractivity (Wildman–Crippen MR) is 123 cm³/mol. The maximum absolute atomic E-state index is 9.32. The molecule has 2 heterocycles. The van der Waals surface area contributed by atoms with Crippen LogP contribution in [0.3, 0.4) is 0 Å². The second-order valence-corrected chi connectivity index (χ2v) is 11.2. The maximum atomic E-state index is 9.32. The fourth-order valence-electron chi connectivity index (χ4n) is 4.93. The Morgan fingerprint density at radius 1 is 0.594 bits per heavy atom. The minimum absolute atomic E-state index is 0.153. The van der Waals surface area contributed by atoms with E-state index in [9.17, 15) is 21.0 Å². The summed E-state index contributed by atoms with van der Waals surface area (Å²) in [6.07, 6.45) is 0. The zero-order valence-corrected chi connectivity index (χ0v) is 19.5. The van der Waals surface area contributed by atoms with E-state index in [0.717, 1.165) is 29.3 Å². The molecule has 0 spiro atoms. The molecule has 2 aliphatic rings. The average Bonchev–Trinajstić information content (AvgIpc) is 3.48. The van der Waals surface area contributed by atoms with Gasteiger partial charge < -0.3 is 0 Å². The molecule has 0 radical (unpaired) electrons. The molecule has 0 atom stereocenters. The minimum atomic E-state index is -0.256. The van der Waals surface area contributed by atoms with Crippen LogP contribution in [-0.4, -0.2) is 0 Å². The highest BCUT2D eigenvalue weighted by molar-refractivity contribution is 7.08. The van der Waals surface area contributed by atoms with Gasteiger partial charge in [-0.1, -0.05) is 27.7 Å². The summed E-state index contributed by atoms with van der Waals surface area (Å²) in [4.78, 5) is 0. The summed E-state index contributed by atoms with van der Waals surface area (Å²) in [5.74, 6) is 0. The molecule has 0 fully saturated rings. The van der Waals surface area contributed by atoms with Gasteiger partial charge in [0.1, 0.15) is 35.4 Å². The van der Waals surface area contributed by atoms with Gasteiger partial charge in [0.05, 0.1) is 9.06 Å². The van der Waals surface area contributed by atoms with E-state index in [2.05, 4.69) is 39.8 Å². The van der Waals surface area contributed by atoms with E-state index in [-0.39, 0.29) is 22.0 Å². The quantitative estimate of drug-likeness (QED) is 0.518. The van der Waals surface area contributed by atoms with Gasteiger partial charge in [-0.2, -0.15) is 21.0 Å². The van der Waals surface area contributed by atoms with Crippen LogP contribution in [0.25, 0.3) is 11.1 Å². The van der Waals surface area contributed by atoms with E-state index in [0.29, 0.717) is 0 Å². The number of nitriles is 4. The molecular formula is C26H16N4S2. The Hall–Kier alpha value is -3.68. The summed E-state index contributed by atoms with van der Waals surface area (Å²) >= 11 is 3.03. The topological polar surface area (TPSA) is 95.2 Å². The molecule has 0 saturated heterocycles. The normalized spacial score (nSPS) is 15.2. The molecule has 2 aliphatic carbocycles. The molecule has 32 heavy (non-hydrogen) atoms. The number of thiophene rings is 2. The SMILES string of the molecule is CC1(C)c2cc3c(cc2=c2sc(=C(C#N)C#N)cc21)C(C)(C)c1cc(=C(C#N)C#N)sc1=3. The first-order valence-corrected chi connectivity index (χ1v) is 11.7. The van der Waals surface area contributed by atoms with Crippen LogP contribution >= 0.6 is 22.7 Å². The summed E-state index contributed by atoms with van der Waals surface area (Å²) in [7, 11) is 0. The van der Waals surface area contributed by atoms with Crippen LogP contribution in [0.1, 0.15) is 49.9 Å². The number of fused-ring (bicyclic) bond motifs is 4. The lowest BCUT2D eigenvalue weighted by molar-refractivity contribution is 0.640. The zero-order chi connectivity index (χ0) is 23.0. The highest BCUT2D eigenvalue weighted by Crippen LogP contribution is 2.45. The third kappa shape index (κ3) is 2.37. The Morgan fingerprint density at radius 2 is 0.938 bits per heavy atom. The Balaban J connectivity index is 2.00. The lowest BCUT2D eigenvalue weighted by Crippen LogP contribution is -2.19. The Kier molecular flexibility index (Phi) is 4.06. The molecule has 0 N–H and O–H groups in total. The Bertz CT molecular complexity index is 1700. The lowest BCUT2D eigenvalue weighted by atomic mass is 9.79. The number of hydrogen-bond acceptors (Lipinski definition) is 6. The first kappa shape index (κ1) is 20.2. The van der Waals surface area contributed by atoms with Crippen molar-refractivity contribution in [1.29, 1.82) is 21.0 Å². The molecule has 3 aromatic rings. The summed E-state index contributed by atoms with van der Waals surface area (Å²) in [5.41, 5.74) is 4.54. The standard InChI is InChI=1S/C26H16N4S2/c1-25(2)17-5-16-18(6-15(17)23-19(25)7-21(31-23)13(9-27)10-28)26(3,4)20-8-22(32-24(16)20)14(11-29)12-30/h5-8H,1-4H3. The van der Waals surface area contributed by atoms with Crippen molar-refractivity contribution in [3.8, 4) is 24.3 Å². The third-order valence-corrected chi connectivity index (χ3v) is 9.12. The predicted octanol–water partition coefficient (Wildman–Crippen LogP) is 4.06. The highest BCUT2D eigenvalue weighted by atomic mass is 32.1. The van der Waals surface area contributed by atoms with Crippen LogP contribution in [0.5, 0.6) is 0 Å². The van der Waals surface area contributed by atoms with E-state index in [1.165, 1.54) is 44.2 Å². The number of nitrogens with zero attached hydrogens (tertiary/aromatic N) is 4. The molecule has 0 aliphatic heterocycles. The molecule has 0 bridgehead atoms. The second kappa shape index (κ2) is 6.41. The first-order valence-electron chi connectivity index (χ1n) is 10.0. The summed E-state index contributed by atoms with van der Waals surface area (Å²) in [5, 5.41) is 39.6. The highest BCUT2D eigenvalue weighted by Gasteiger charge is 2.37. The van der Waals surface area contributed by atoms with E-state index in [1.54, 1.807) is 0 Å². The van der Waals surface area contributed by atoms with E-state index in [4.69, 9.17) is 0 Å². The van der Waals surface area contributed by atoms with Crippen LogP contribution in [0.2, 0.25) is 0 Å². The number of rotatable bonds is 0. The first-order chi connectivity index (χ1) is 15.2.